The topological polar surface area (TPSA) is 81.1 Å². The van der Waals surface area contributed by atoms with Crippen molar-refractivity contribution >= 4 is 21.4 Å². The number of aryl methyl sites for hydroxylation is 1. The van der Waals surface area contributed by atoms with E-state index in [1.54, 1.807) is 24.4 Å². The normalized spacial score (nSPS) is 11.6. The SMILES string of the molecule is Cc1ccc(=O)n(CCNS(=O)(=O)c2cccs2)n1. The summed E-state index contributed by atoms with van der Waals surface area (Å²) in [7, 11) is -3.48. The van der Waals surface area contributed by atoms with E-state index >= 15 is 0 Å². The molecule has 8 heteroatoms. The Bertz CT molecular complexity index is 705. The molecule has 1 N–H and O–H groups in total. The molecule has 2 aromatic heterocycles. The second-order valence-electron chi connectivity index (χ2n) is 3.87. The third-order valence-electron chi connectivity index (χ3n) is 2.38. The van der Waals surface area contributed by atoms with Crippen molar-refractivity contribution in [2.75, 3.05) is 6.54 Å². The van der Waals surface area contributed by atoms with Crippen LogP contribution in [0.3, 0.4) is 0 Å². The Morgan fingerprint density at radius 2 is 2.16 bits per heavy atom. The molecule has 6 nitrogen and oxygen atoms in total. The number of hydrogen-bond acceptors (Lipinski definition) is 5. The third kappa shape index (κ3) is 3.49. The minimum Gasteiger partial charge on any atom is -0.268 e. The second-order valence-corrected chi connectivity index (χ2v) is 6.81. The molecule has 0 radical (unpaired) electrons. The van der Waals surface area contributed by atoms with E-state index in [1.807, 2.05) is 0 Å². The van der Waals surface area contributed by atoms with Crippen molar-refractivity contribution in [1.29, 1.82) is 0 Å². The zero-order valence-corrected chi connectivity index (χ0v) is 11.9. The van der Waals surface area contributed by atoms with Crippen molar-refractivity contribution in [3.05, 3.63) is 45.7 Å². The van der Waals surface area contributed by atoms with E-state index in [0.717, 1.165) is 11.3 Å². The number of rotatable bonds is 5. The van der Waals surface area contributed by atoms with Crippen molar-refractivity contribution in [3.63, 3.8) is 0 Å². The molecule has 0 aliphatic heterocycles. The van der Waals surface area contributed by atoms with E-state index in [4.69, 9.17) is 0 Å². The Hall–Kier alpha value is -1.51. The smallest absolute Gasteiger partial charge is 0.266 e. The second kappa shape index (κ2) is 5.64. The van der Waals surface area contributed by atoms with Crippen LogP contribution in [0.1, 0.15) is 5.69 Å². The van der Waals surface area contributed by atoms with Crippen LogP contribution in [0.4, 0.5) is 0 Å². The lowest BCUT2D eigenvalue weighted by Gasteiger charge is -2.06. The third-order valence-corrected chi connectivity index (χ3v) is 5.23. The molecule has 19 heavy (non-hydrogen) atoms. The van der Waals surface area contributed by atoms with E-state index in [0.29, 0.717) is 5.69 Å². The van der Waals surface area contributed by atoms with Crippen molar-refractivity contribution < 1.29 is 8.42 Å². The molecule has 0 spiro atoms. The van der Waals surface area contributed by atoms with Crippen LogP contribution in [-0.4, -0.2) is 24.7 Å². The first-order valence-corrected chi connectivity index (χ1v) is 7.93. The van der Waals surface area contributed by atoms with Crippen molar-refractivity contribution in [2.24, 2.45) is 0 Å². The van der Waals surface area contributed by atoms with Gasteiger partial charge in [-0.25, -0.2) is 17.8 Å². The maximum absolute atomic E-state index is 11.8. The van der Waals surface area contributed by atoms with E-state index in [-0.39, 0.29) is 22.9 Å². The number of thiophene rings is 1. The molecule has 0 unspecified atom stereocenters. The molecule has 0 atom stereocenters. The fourth-order valence-electron chi connectivity index (χ4n) is 1.48. The van der Waals surface area contributed by atoms with Crippen LogP contribution >= 0.6 is 11.3 Å². The van der Waals surface area contributed by atoms with Gasteiger partial charge in [0.2, 0.25) is 10.0 Å². The summed E-state index contributed by atoms with van der Waals surface area (Å²) in [6, 6.07) is 6.24. The Labute approximate surface area is 114 Å². The lowest BCUT2D eigenvalue weighted by atomic mass is 10.4. The maximum atomic E-state index is 11.8. The molecular formula is C11H13N3O3S2. The number of nitrogens with one attached hydrogen (secondary N) is 1. The van der Waals surface area contributed by atoms with Gasteiger partial charge in [0.05, 0.1) is 12.2 Å². The van der Waals surface area contributed by atoms with Crippen LogP contribution in [0.2, 0.25) is 0 Å². The van der Waals surface area contributed by atoms with Crippen molar-refractivity contribution in [3.8, 4) is 0 Å². The summed E-state index contributed by atoms with van der Waals surface area (Å²) < 4.78 is 27.6. The molecule has 2 aromatic rings. The first kappa shape index (κ1) is 13.9. The van der Waals surface area contributed by atoms with Gasteiger partial charge in [0.1, 0.15) is 4.21 Å². The molecule has 2 rings (SSSR count). The highest BCUT2D eigenvalue weighted by molar-refractivity contribution is 7.91. The van der Waals surface area contributed by atoms with Gasteiger partial charge in [-0.1, -0.05) is 6.07 Å². The van der Waals surface area contributed by atoms with E-state index in [9.17, 15) is 13.2 Å². The summed E-state index contributed by atoms with van der Waals surface area (Å²) in [5, 5.41) is 5.72. The molecule has 0 fully saturated rings. The molecule has 0 amide bonds. The molecule has 0 aliphatic carbocycles. The van der Waals surface area contributed by atoms with E-state index in [2.05, 4.69) is 9.82 Å². The quantitative estimate of drug-likeness (QED) is 0.876. The molecule has 0 saturated carbocycles. The summed E-state index contributed by atoms with van der Waals surface area (Å²) >= 11 is 1.15. The van der Waals surface area contributed by atoms with Crippen LogP contribution in [-0.2, 0) is 16.6 Å². The lowest BCUT2D eigenvalue weighted by molar-refractivity contribution is 0.545. The average Bonchev–Trinajstić information content (AvgIpc) is 2.88. The summed E-state index contributed by atoms with van der Waals surface area (Å²) in [6.07, 6.45) is 0. The van der Waals surface area contributed by atoms with Gasteiger partial charge in [-0.3, -0.25) is 4.79 Å². The van der Waals surface area contributed by atoms with Crippen LogP contribution in [0.25, 0.3) is 0 Å². The van der Waals surface area contributed by atoms with Crippen LogP contribution in [0, 0.1) is 6.92 Å². The van der Waals surface area contributed by atoms with Crippen LogP contribution in [0.15, 0.2) is 38.6 Å². The zero-order valence-electron chi connectivity index (χ0n) is 10.2. The highest BCUT2D eigenvalue weighted by Gasteiger charge is 2.14. The highest BCUT2D eigenvalue weighted by atomic mass is 32.2. The van der Waals surface area contributed by atoms with Gasteiger partial charge in [-0.05, 0) is 24.4 Å². The van der Waals surface area contributed by atoms with Gasteiger partial charge in [-0.2, -0.15) is 5.10 Å². The minimum atomic E-state index is -3.48. The molecule has 2 heterocycles. The fraction of sp³-hybridized carbons (Fsp3) is 0.273. The number of nitrogens with zero attached hydrogens (tertiary/aromatic N) is 2. The van der Waals surface area contributed by atoms with Gasteiger partial charge in [0.25, 0.3) is 5.56 Å². The minimum absolute atomic E-state index is 0.122. The molecular weight excluding hydrogens is 286 g/mol. The summed E-state index contributed by atoms with van der Waals surface area (Å²) in [6.45, 7) is 2.09. The average molecular weight is 299 g/mol. The fourth-order valence-corrected chi connectivity index (χ4v) is 3.54. The summed E-state index contributed by atoms with van der Waals surface area (Å²) in [5.74, 6) is 0. The monoisotopic (exact) mass is 299 g/mol. The maximum Gasteiger partial charge on any atom is 0.266 e. The molecule has 0 saturated heterocycles. The summed E-state index contributed by atoms with van der Waals surface area (Å²) in [4.78, 5) is 11.5. The number of aromatic nitrogens is 2. The van der Waals surface area contributed by atoms with Crippen LogP contribution in [0.5, 0.6) is 0 Å². The first-order valence-electron chi connectivity index (χ1n) is 5.57. The van der Waals surface area contributed by atoms with Gasteiger partial charge in [-0.15, -0.1) is 11.3 Å². The molecule has 0 aliphatic rings. The van der Waals surface area contributed by atoms with Gasteiger partial charge < -0.3 is 0 Å². The Kier molecular flexibility index (Phi) is 4.13. The summed E-state index contributed by atoms with van der Waals surface area (Å²) in [5.41, 5.74) is 0.460. The Morgan fingerprint density at radius 1 is 1.37 bits per heavy atom. The zero-order chi connectivity index (χ0) is 13.9. The predicted octanol–water partition coefficient (Wildman–Crippen LogP) is 0.592. The largest absolute Gasteiger partial charge is 0.268 e. The van der Waals surface area contributed by atoms with Crippen LogP contribution < -0.4 is 10.3 Å². The first-order chi connectivity index (χ1) is 8.99. The molecule has 0 aromatic carbocycles. The van der Waals surface area contributed by atoms with Crippen molar-refractivity contribution in [2.45, 2.75) is 17.7 Å². The number of hydrogen-bond donors (Lipinski definition) is 1. The molecule has 0 bridgehead atoms. The van der Waals surface area contributed by atoms with Gasteiger partial charge >= 0.3 is 0 Å². The van der Waals surface area contributed by atoms with E-state index < -0.39 is 10.0 Å². The highest BCUT2D eigenvalue weighted by Crippen LogP contribution is 2.14. The molecule has 102 valence electrons. The Morgan fingerprint density at radius 3 is 2.84 bits per heavy atom. The van der Waals surface area contributed by atoms with Crippen molar-refractivity contribution in [1.82, 2.24) is 14.5 Å². The van der Waals surface area contributed by atoms with Gasteiger partial charge in [0.15, 0.2) is 0 Å². The van der Waals surface area contributed by atoms with E-state index in [1.165, 1.54) is 16.8 Å². The predicted molar refractivity (Wildman–Crippen MR) is 72.7 cm³/mol. The number of sulfonamides is 1. The Balaban J connectivity index is 2.01. The van der Waals surface area contributed by atoms with Gasteiger partial charge in [0, 0.05) is 12.6 Å². The lowest BCUT2D eigenvalue weighted by Crippen LogP contribution is -2.31. The standard InChI is InChI=1S/C11H13N3O3S2/c1-9-4-5-10(15)14(13-9)7-6-12-19(16,17)11-3-2-8-18-11/h2-5,8,12H,6-7H2,1H3.